The normalized spacial score (nSPS) is 11.0. The zero-order valence-electron chi connectivity index (χ0n) is 10.4. The second kappa shape index (κ2) is 10.9. The molecule has 1 aromatic rings. The van der Waals surface area contributed by atoms with Gasteiger partial charge < -0.3 is 56.9 Å². The van der Waals surface area contributed by atoms with E-state index in [1.54, 1.807) is 0 Å². The first-order valence-corrected chi connectivity index (χ1v) is 4.85. The van der Waals surface area contributed by atoms with E-state index in [0.29, 0.717) is 0 Å². The van der Waals surface area contributed by atoms with Crippen molar-refractivity contribution in [2.24, 2.45) is 0 Å². The summed E-state index contributed by atoms with van der Waals surface area (Å²) in [6, 6.07) is 5.20. The van der Waals surface area contributed by atoms with E-state index in [-0.39, 0.29) is 5.75 Å². The molecule has 0 aromatic heterocycles. The fraction of sp³-hybridized carbons (Fsp3) is 0. The first-order chi connectivity index (χ1) is 9.79. The van der Waals surface area contributed by atoms with Crippen molar-refractivity contribution in [3.05, 3.63) is 30.1 Å². The van der Waals surface area contributed by atoms with E-state index in [9.17, 15) is 56.2 Å². The molecule has 0 aliphatic heterocycles. The Morgan fingerprint density at radius 3 is 1.00 bits per heavy atom. The standard InChI is InChI=1S/C6H5FO.3BF4/c7-5-2-1-3-6(8)4-5;3*2-1(3,4)5/h1-4,8H;;;/q;3*-1. The molecule has 0 unspecified atom stereocenters. The molecule has 0 amide bonds. The smallest absolute Gasteiger partial charge is 0.508 e. The Kier molecular flexibility index (Phi) is 12.5. The number of phenolic OH excluding ortho intramolecular Hbond substituents is 1. The van der Waals surface area contributed by atoms with Crippen LogP contribution in [-0.2, 0) is 0 Å². The van der Waals surface area contributed by atoms with E-state index >= 15 is 0 Å². The third-order valence-corrected chi connectivity index (χ3v) is 0.808. The van der Waals surface area contributed by atoms with E-state index in [1.807, 2.05) is 0 Å². The van der Waals surface area contributed by atoms with Gasteiger partial charge in [0, 0.05) is 6.07 Å². The summed E-state index contributed by atoms with van der Waals surface area (Å²) in [5.41, 5.74) is 0. The highest BCUT2D eigenvalue weighted by molar-refractivity contribution is 6.50. The molecular formula is C6H5B3F13O-3. The van der Waals surface area contributed by atoms with Gasteiger partial charge in [0.05, 0.1) is 0 Å². The first kappa shape index (κ1) is 26.2. The first-order valence-electron chi connectivity index (χ1n) is 4.85. The lowest BCUT2D eigenvalue weighted by atomic mass is 10.3. The topological polar surface area (TPSA) is 20.2 Å². The highest BCUT2D eigenvalue weighted by Crippen LogP contribution is 2.08. The summed E-state index contributed by atoms with van der Waals surface area (Å²) < 4.78 is 129. The van der Waals surface area contributed by atoms with Crippen molar-refractivity contribution in [1.82, 2.24) is 0 Å². The summed E-state index contributed by atoms with van der Waals surface area (Å²) in [6.07, 6.45) is 0. The van der Waals surface area contributed by atoms with Gasteiger partial charge in [0.25, 0.3) is 0 Å². The number of phenols is 1. The van der Waals surface area contributed by atoms with Crippen molar-refractivity contribution in [2.45, 2.75) is 0 Å². The van der Waals surface area contributed by atoms with Crippen molar-refractivity contribution in [2.75, 3.05) is 0 Å². The Morgan fingerprint density at radius 1 is 0.609 bits per heavy atom. The van der Waals surface area contributed by atoms with Crippen molar-refractivity contribution in [1.29, 1.82) is 0 Å². The summed E-state index contributed by atoms with van der Waals surface area (Å²) in [5.74, 6) is -0.449. The van der Waals surface area contributed by atoms with Crippen LogP contribution in [-0.4, -0.2) is 26.9 Å². The molecule has 0 atom stereocenters. The third kappa shape index (κ3) is 98.6. The fourth-order valence-corrected chi connectivity index (χ4v) is 0.476. The number of aromatic hydroxyl groups is 1. The van der Waals surface area contributed by atoms with Gasteiger partial charge in [-0.1, -0.05) is 6.07 Å². The molecule has 1 aromatic carbocycles. The number of rotatable bonds is 0. The van der Waals surface area contributed by atoms with Crippen LogP contribution in [0.4, 0.5) is 56.2 Å². The van der Waals surface area contributed by atoms with Crippen LogP contribution < -0.4 is 0 Å². The highest BCUT2D eigenvalue weighted by Gasteiger charge is 2.21. The molecule has 1 rings (SSSR count). The van der Waals surface area contributed by atoms with Crippen LogP contribution in [0.15, 0.2) is 24.3 Å². The molecule has 0 aliphatic rings. The predicted octanol–water partition coefficient (Wildman–Crippen LogP) is 5.43. The van der Waals surface area contributed by atoms with Gasteiger partial charge in [-0.25, -0.2) is 4.39 Å². The molecular weight excluding hydrogens is 367 g/mol. The molecule has 0 radical (unpaired) electrons. The van der Waals surface area contributed by atoms with Crippen LogP contribution in [0.25, 0.3) is 0 Å². The molecule has 0 saturated heterocycles. The van der Waals surface area contributed by atoms with Crippen LogP contribution in [0.1, 0.15) is 0 Å². The molecule has 23 heavy (non-hydrogen) atoms. The molecule has 138 valence electrons. The van der Waals surface area contributed by atoms with Crippen LogP contribution in [0, 0.1) is 5.82 Å². The van der Waals surface area contributed by atoms with Gasteiger partial charge in [-0.2, -0.15) is 0 Å². The number of halogens is 13. The lowest BCUT2D eigenvalue weighted by Gasteiger charge is -1.94. The maximum absolute atomic E-state index is 12.0. The third-order valence-electron chi connectivity index (χ3n) is 0.808. The lowest BCUT2D eigenvalue weighted by Crippen LogP contribution is -2.02. The lowest BCUT2D eigenvalue weighted by molar-refractivity contribution is 0.366. The van der Waals surface area contributed by atoms with Crippen LogP contribution >= 0.6 is 0 Å². The highest BCUT2D eigenvalue weighted by atomic mass is 19.5. The maximum atomic E-state index is 12.0. The molecule has 0 bridgehead atoms. The Balaban J connectivity index is -0.000000240. The molecule has 0 saturated carbocycles. The summed E-state index contributed by atoms with van der Waals surface area (Å²) >= 11 is 0. The van der Waals surface area contributed by atoms with Crippen LogP contribution in [0.3, 0.4) is 0 Å². The van der Waals surface area contributed by atoms with E-state index in [4.69, 9.17) is 5.11 Å². The molecule has 0 aliphatic carbocycles. The number of hydrogen-bond acceptors (Lipinski definition) is 1. The van der Waals surface area contributed by atoms with E-state index < -0.39 is 27.6 Å². The van der Waals surface area contributed by atoms with Gasteiger partial charge in [0.15, 0.2) is 0 Å². The maximum Gasteiger partial charge on any atom is 0.673 e. The van der Waals surface area contributed by atoms with Gasteiger partial charge in [0.2, 0.25) is 0 Å². The molecule has 0 heterocycles. The van der Waals surface area contributed by atoms with Gasteiger partial charge in [0.1, 0.15) is 11.6 Å². The Bertz CT molecular complexity index is 350. The minimum atomic E-state index is -6.00. The molecule has 1 nitrogen and oxygen atoms in total. The Morgan fingerprint density at radius 2 is 0.870 bits per heavy atom. The average molecular weight is 373 g/mol. The van der Waals surface area contributed by atoms with Crippen molar-refractivity contribution >= 4 is 21.8 Å². The quantitative estimate of drug-likeness (QED) is 0.475. The molecule has 0 spiro atoms. The fourth-order valence-electron chi connectivity index (χ4n) is 0.476. The second-order valence-electron chi connectivity index (χ2n) is 2.96. The average Bonchev–Trinajstić information content (AvgIpc) is 2.07. The zero-order chi connectivity index (χ0) is 19.5. The summed E-state index contributed by atoms with van der Waals surface area (Å²) in [4.78, 5) is 0. The number of hydrogen-bond donors (Lipinski definition) is 1. The van der Waals surface area contributed by atoms with Crippen molar-refractivity contribution in [3.8, 4) is 5.75 Å². The summed E-state index contributed by atoms with van der Waals surface area (Å²) in [5, 5.41) is 8.57. The SMILES string of the molecule is F[B-](F)(F)F.F[B-](F)(F)F.F[B-](F)(F)F.Oc1cccc(F)c1. The second-order valence-corrected chi connectivity index (χ2v) is 2.96. The minimum absolute atomic E-state index is 0.0370. The molecule has 0 fully saturated rings. The minimum Gasteiger partial charge on any atom is -0.508 e. The monoisotopic (exact) mass is 373 g/mol. The Hall–Kier alpha value is -1.70. The molecule has 1 N–H and O–H groups in total. The van der Waals surface area contributed by atoms with Crippen molar-refractivity contribution in [3.63, 3.8) is 0 Å². The van der Waals surface area contributed by atoms with Gasteiger partial charge in [-0.15, -0.1) is 0 Å². The van der Waals surface area contributed by atoms with Gasteiger partial charge >= 0.3 is 21.8 Å². The predicted molar refractivity (Wildman–Crippen MR) is 58.6 cm³/mol. The van der Waals surface area contributed by atoms with E-state index in [1.165, 1.54) is 18.2 Å². The van der Waals surface area contributed by atoms with Crippen LogP contribution in [0.2, 0.25) is 0 Å². The summed E-state index contributed by atoms with van der Waals surface area (Å²) in [6.45, 7) is 0. The Labute approximate surface area is 120 Å². The molecule has 17 heteroatoms. The van der Waals surface area contributed by atoms with Crippen molar-refractivity contribution < 1.29 is 61.3 Å². The largest absolute Gasteiger partial charge is 0.673 e. The zero-order valence-corrected chi connectivity index (χ0v) is 10.4. The summed E-state index contributed by atoms with van der Waals surface area (Å²) in [7, 11) is -18.0. The number of benzene rings is 1. The van der Waals surface area contributed by atoms with Gasteiger partial charge in [-0.05, 0) is 12.1 Å². The van der Waals surface area contributed by atoms with E-state index in [0.717, 1.165) is 6.07 Å². The van der Waals surface area contributed by atoms with E-state index in [2.05, 4.69) is 0 Å². The van der Waals surface area contributed by atoms with Crippen LogP contribution in [0.5, 0.6) is 5.75 Å². The van der Waals surface area contributed by atoms with Gasteiger partial charge in [-0.3, -0.25) is 0 Å².